The molecule has 1 aliphatic rings. The minimum Gasteiger partial charge on any atom is -0.372 e. The maximum absolute atomic E-state index is 3.52. The van der Waals surface area contributed by atoms with Crippen LogP contribution < -0.4 is 20.2 Å². The summed E-state index contributed by atoms with van der Waals surface area (Å²) in [4.78, 5) is 4.81. The van der Waals surface area contributed by atoms with Crippen LogP contribution in [0.1, 0.15) is 38.8 Å². The van der Waals surface area contributed by atoms with Crippen LogP contribution in [0, 0.1) is 0 Å². The highest BCUT2D eigenvalue weighted by atomic mass is 15.5. The lowest BCUT2D eigenvalue weighted by atomic mass is 9.96. The van der Waals surface area contributed by atoms with Crippen LogP contribution in [0.15, 0.2) is 79.0 Å². The van der Waals surface area contributed by atoms with E-state index in [0.29, 0.717) is 0 Å². The molecule has 0 saturated heterocycles. The second-order valence-electron chi connectivity index (χ2n) is 8.65. The maximum atomic E-state index is 3.52. The molecular formula is C31H38N4. The molecule has 4 heteroatoms. The first-order valence-electron chi connectivity index (χ1n) is 12.9. The standard InChI is InChI=1S/C31H38N4/c1-5-33(6-2)27-18-15-25(16-19-27)17-20-29-30(34(7-3)8-4)22-21-28(26-13-10-9-11-14-26)31(29)35-24-12-23-32-35/h9-22,24,32H,5-8,23H2,1-4H3. The van der Waals surface area contributed by atoms with E-state index in [1.165, 1.54) is 39.3 Å². The molecular weight excluding hydrogens is 428 g/mol. The molecule has 1 aliphatic heterocycles. The van der Waals surface area contributed by atoms with Gasteiger partial charge >= 0.3 is 0 Å². The molecule has 182 valence electrons. The molecule has 3 aromatic carbocycles. The Kier molecular flexibility index (Phi) is 8.27. The molecule has 1 N–H and O–H groups in total. The van der Waals surface area contributed by atoms with Crippen LogP contribution in [0.25, 0.3) is 23.3 Å². The van der Waals surface area contributed by atoms with E-state index in [1.54, 1.807) is 0 Å². The first kappa shape index (κ1) is 24.6. The third-order valence-corrected chi connectivity index (χ3v) is 6.72. The largest absolute Gasteiger partial charge is 0.372 e. The molecule has 0 bridgehead atoms. The number of hydrogen-bond donors (Lipinski definition) is 1. The van der Waals surface area contributed by atoms with E-state index in [-0.39, 0.29) is 0 Å². The average Bonchev–Trinajstić information content (AvgIpc) is 3.45. The van der Waals surface area contributed by atoms with Gasteiger partial charge in [0.1, 0.15) is 0 Å². The van der Waals surface area contributed by atoms with Crippen LogP contribution in [0.3, 0.4) is 0 Å². The SMILES string of the molecule is CCN(CC)c1ccc(C=Cc2c(N(CC)CC)ccc(-c3ccccc3)c2N2C=CCN2)cc1. The van der Waals surface area contributed by atoms with Crippen LogP contribution in [0.2, 0.25) is 0 Å². The van der Waals surface area contributed by atoms with Gasteiger partial charge in [-0.3, -0.25) is 5.01 Å². The number of hydrogen-bond acceptors (Lipinski definition) is 4. The van der Waals surface area contributed by atoms with Gasteiger partial charge in [-0.25, -0.2) is 5.43 Å². The van der Waals surface area contributed by atoms with Crippen molar-refractivity contribution in [3.05, 3.63) is 90.1 Å². The van der Waals surface area contributed by atoms with Crippen molar-refractivity contribution in [2.45, 2.75) is 27.7 Å². The fourth-order valence-corrected chi connectivity index (χ4v) is 4.79. The van der Waals surface area contributed by atoms with Gasteiger partial charge in [0.15, 0.2) is 0 Å². The van der Waals surface area contributed by atoms with Crippen molar-refractivity contribution in [3.8, 4) is 11.1 Å². The lowest BCUT2D eigenvalue weighted by molar-refractivity contribution is 0.811. The summed E-state index contributed by atoms with van der Waals surface area (Å²) in [5.41, 5.74) is 12.1. The van der Waals surface area contributed by atoms with Crippen molar-refractivity contribution < 1.29 is 0 Å². The van der Waals surface area contributed by atoms with Crippen molar-refractivity contribution in [1.29, 1.82) is 0 Å². The lowest BCUT2D eigenvalue weighted by Crippen LogP contribution is -2.30. The van der Waals surface area contributed by atoms with Gasteiger partial charge in [-0.1, -0.05) is 66.8 Å². The molecule has 1 heterocycles. The minimum absolute atomic E-state index is 0.833. The summed E-state index contributed by atoms with van der Waals surface area (Å²) in [6.07, 6.45) is 8.84. The fraction of sp³-hybridized carbons (Fsp3) is 0.290. The predicted octanol–water partition coefficient (Wildman–Crippen LogP) is 7.05. The van der Waals surface area contributed by atoms with Gasteiger partial charge in [0, 0.05) is 61.4 Å². The van der Waals surface area contributed by atoms with Crippen LogP contribution in [-0.4, -0.2) is 32.7 Å². The Morgan fingerprint density at radius 1 is 0.771 bits per heavy atom. The number of rotatable bonds is 10. The van der Waals surface area contributed by atoms with E-state index in [1.807, 2.05) is 0 Å². The molecule has 0 unspecified atom stereocenters. The first-order valence-corrected chi connectivity index (χ1v) is 12.9. The lowest BCUT2D eigenvalue weighted by Gasteiger charge is -2.29. The molecule has 4 rings (SSSR count). The predicted molar refractivity (Wildman–Crippen MR) is 154 cm³/mol. The van der Waals surface area contributed by atoms with E-state index in [4.69, 9.17) is 0 Å². The van der Waals surface area contributed by atoms with Gasteiger partial charge in [-0.2, -0.15) is 0 Å². The molecule has 0 atom stereocenters. The summed E-state index contributed by atoms with van der Waals surface area (Å²) in [5.74, 6) is 0. The highest BCUT2D eigenvalue weighted by Crippen LogP contribution is 2.41. The Morgan fingerprint density at radius 2 is 1.46 bits per heavy atom. The number of nitrogens with zero attached hydrogens (tertiary/aromatic N) is 3. The fourth-order valence-electron chi connectivity index (χ4n) is 4.79. The van der Waals surface area contributed by atoms with Crippen LogP contribution in [-0.2, 0) is 0 Å². The highest BCUT2D eigenvalue weighted by Gasteiger charge is 2.21. The van der Waals surface area contributed by atoms with Gasteiger partial charge in [-0.15, -0.1) is 0 Å². The molecule has 0 radical (unpaired) electrons. The Bertz CT molecular complexity index is 1140. The second-order valence-corrected chi connectivity index (χ2v) is 8.65. The van der Waals surface area contributed by atoms with Crippen LogP contribution in [0.4, 0.5) is 17.1 Å². The number of benzene rings is 3. The number of nitrogens with one attached hydrogen (secondary N) is 1. The summed E-state index contributed by atoms with van der Waals surface area (Å²) in [7, 11) is 0. The zero-order valence-corrected chi connectivity index (χ0v) is 21.5. The van der Waals surface area contributed by atoms with Crippen molar-refractivity contribution in [2.24, 2.45) is 0 Å². The summed E-state index contributed by atoms with van der Waals surface area (Å²) in [6.45, 7) is 13.6. The second kappa shape index (κ2) is 11.8. The number of anilines is 3. The summed E-state index contributed by atoms with van der Waals surface area (Å²) in [5, 5.41) is 2.18. The Morgan fingerprint density at radius 3 is 2.06 bits per heavy atom. The highest BCUT2D eigenvalue weighted by molar-refractivity contribution is 5.94. The molecule has 0 aromatic heterocycles. The zero-order chi connectivity index (χ0) is 24.6. The third-order valence-electron chi connectivity index (χ3n) is 6.72. The topological polar surface area (TPSA) is 21.8 Å². The zero-order valence-electron chi connectivity index (χ0n) is 21.5. The molecule has 0 aliphatic carbocycles. The van der Waals surface area contributed by atoms with E-state index < -0.39 is 0 Å². The van der Waals surface area contributed by atoms with Crippen molar-refractivity contribution >= 4 is 29.2 Å². The Balaban J connectivity index is 1.83. The van der Waals surface area contributed by atoms with Gasteiger partial charge in [0.25, 0.3) is 0 Å². The van der Waals surface area contributed by atoms with Gasteiger partial charge in [0.2, 0.25) is 0 Å². The third kappa shape index (κ3) is 5.44. The summed E-state index contributed by atoms with van der Waals surface area (Å²) in [6, 6.07) is 24.1. The van der Waals surface area contributed by atoms with Crippen molar-refractivity contribution in [2.75, 3.05) is 47.5 Å². The molecule has 0 spiro atoms. The van der Waals surface area contributed by atoms with Gasteiger partial charge < -0.3 is 9.80 Å². The Labute approximate surface area is 211 Å². The molecule has 0 amide bonds. The smallest absolute Gasteiger partial charge is 0.0742 e. The van der Waals surface area contributed by atoms with Gasteiger partial charge in [0.05, 0.1) is 5.69 Å². The summed E-state index contributed by atoms with van der Waals surface area (Å²) >= 11 is 0. The van der Waals surface area contributed by atoms with E-state index in [9.17, 15) is 0 Å². The Hall–Kier alpha value is -3.50. The first-order chi connectivity index (χ1) is 17.2. The molecule has 35 heavy (non-hydrogen) atoms. The van der Waals surface area contributed by atoms with Crippen LogP contribution >= 0.6 is 0 Å². The minimum atomic E-state index is 0.833. The average molecular weight is 467 g/mol. The van der Waals surface area contributed by atoms with E-state index in [2.05, 4.69) is 139 Å². The van der Waals surface area contributed by atoms with Crippen LogP contribution in [0.5, 0.6) is 0 Å². The molecule has 3 aromatic rings. The van der Waals surface area contributed by atoms with Crippen molar-refractivity contribution in [3.63, 3.8) is 0 Å². The summed E-state index contributed by atoms with van der Waals surface area (Å²) < 4.78 is 0. The van der Waals surface area contributed by atoms with Gasteiger partial charge in [-0.05, 0) is 57.0 Å². The van der Waals surface area contributed by atoms with E-state index in [0.717, 1.165) is 32.7 Å². The maximum Gasteiger partial charge on any atom is 0.0742 e. The van der Waals surface area contributed by atoms with Crippen molar-refractivity contribution in [1.82, 2.24) is 5.43 Å². The number of hydrazine groups is 1. The van der Waals surface area contributed by atoms with E-state index >= 15 is 0 Å². The molecule has 0 fully saturated rings. The molecule has 0 saturated carbocycles. The monoisotopic (exact) mass is 466 g/mol. The normalized spacial score (nSPS) is 13.1. The quantitative estimate of drug-likeness (QED) is 0.323. The molecule has 4 nitrogen and oxygen atoms in total.